The van der Waals surface area contributed by atoms with E-state index in [0.717, 1.165) is 6.07 Å². The van der Waals surface area contributed by atoms with Gasteiger partial charge in [-0.3, -0.25) is 9.48 Å². The Morgan fingerprint density at radius 2 is 2.08 bits per heavy atom. The first kappa shape index (κ1) is 16.1. The summed E-state index contributed by atoms with van der Waals surface area (Å²) in [5, 5.41) is 12.6. The van der Waals surface area contributed by atoms with Gasteiger partial charge in [-0.2, -0.15) is 5.10 Å². The third-order valence-electron chi connectivity index (χ3n) is 4.05. The normalized spacial score (nSPS) is 17.2. The molecule has 1 aliphatic rings. The molecule has 1 fully saturated rings. The number of carboxylic acids is 1. The van der Waals surface area contributed by atoms with Gasteiger partial charge in [0.2, 0.25) is 5.91 Å². The van der Waals surface area contributed by atoms with Gasteiger partial charge in [0.1, 0.15) is 18.2 Å². The van der Waals surface area contributed by atoms with E-state index in [1.165, 1.54) is 34.0 Å². The van der Waals surface area contributed by atoms with Crippen LogP contribution in [0.25, 0.3) is 0 Å². The van der Waals surface area contributed by atoms with Gasteiger partial charge < -0.3 is 10.0 Å². The van der Waals surface area contributed by atoms with E-state index in [0.29, 0.717) is 19.4 Å². The molecule has 2 heterocycles. The topological polar surface area (TPSA) is 75.4 Å². The van der Waals surface area contributed by atoms with E-state index in [9.17, 15) is 18.4 Å². The van der Waals surface area contributed by atoms with Crippen molar-refractivity contribution in [3.05, 3.63) is 53.4 Å². The zero-order valence-corrected chi connectivity index (χ0v) is 12.7. The van der Waals surface area contributed by atoms with Crippen molar-refractivity contribution in [2.45, 2.75) is 25.4 Å². The predicted molar refractivity (Wildman–Crippen MR) is 79.2 cm³/mol. The monoisotopic (exact) mass is 335 g/mol. The number of likely N-dealkylation sites (tertiary alicyclic amines) is 1. The number of carboxylic acid groups (broad SMARTS) is 1. The fourth-order valence-corrected chi connectivity index (χ4v) is 2.95. The lowest BCUT2D eigenvalue weighted by Gasteiger charge is -2.25. The van der Waals surface area contributed by atoms with Crippen LogP contribution >= 0.6 is 0 Å². The number of halogens is 2. The first-order chi connectivity index (χ1) is 11.5. The highest BCUT2D eigenvalue weighted by molar-refractivity contribution is 5.85. The molecular weight excluding hydrogens is 320 g/mol. The number of carbonyl (C=O) groups excluding carboxylic acids is 1. The second-order valence-corrected chi connectivity index (χ2v) is 5.61. The van der Waals surface area contributed by atoms with Crippen molar-refractivity contribution in [2.24, 2.45) is 0 Å². The molecule has 1 aliphatic heterocycles. The van der Waals surface area contributed by atoms with Gasteiger partial charge in [0.15, 0.2) is 5.69 Å². The summed E-state index contributed by atoms with van der Waals surface area (Å²) in [7, 11) is 0. The van der Waals surface area contributed by atoms with Crippen LogP contribution in [0.4, 0.5) is 8.78 Å². The summed E-state index contributed by atoms with van der Waals surface area (Å²) >= 11 is 0. The van der Waals surface area contributed by atoms with Crippen molar-refractivity contribution >= 4 is 11.9 Å². The predicted octanol–water partition coefficient (Wildman–Crippen LogP) is 2.22. The minimum atomic E-state index is -1.17. The fourth-order valence-electron chi connectivity index (χ4n) is 2.95. The number of aromatic carboxylic acids is 1. The number of rotatable bonds is 4. The lowest BCUT2D eigenvalue weighted by atomic mass is 10.0. The summed E-state index contributed by atoms with van der Waals surface area (Å²) in [5.41, 5.74) is 0.138. The first-order valence-electron chi connectivity index (χ1n) is 7.47. The number of amides is 1. The molecule has 1 N–H and O–H groups in total. The molecule has 0 saturated carbocycles. The van der Waals surface area contributed by atoms with Crippen LogP contribution < -0.4 is 0 Å². The summed E-state index contributed by atoms with van der Waals surface area (Å²) in [6, 6.07) is 4.19. The molecule has 1 amide bonds. The quantitative estimate of drug-likeness (QED) is 0.930. The third kappa shape index (κ3) is 3.12. The second-order valence-electron chi connectivity index (χ2n) is 5.61. The molecule has 8 heteroatoms. The van der Waals surface area contributed by atoms with Crippen LogP contribution in [0.2, 0.25) is 0 Å². The molecule has 2 aromatic rings. The van der Waals surface area contributed by atoms with Gasteiger partial charge in [-0.05, 0) is 25.0 Å². The van der Waals surface area contributed by atoms with Gasteiger partial charge in [0.25, 0.3) is 0 Å². The van der Waals surface area contributed by atoms with E-state index in [-0.39, 0.29) is 23.7 Å². The Kier molecular flexibility index (Phi) is 4.28. The molecule has 3 rings (SSSR count). The standard InChI is InChI=1S/C16H15F2N3O3/c17-10-3-4-11(12(18)8-10)14-2-1-6-21(14)15(22)9-20-7-5-13(19-20)16(23)24/h3-5,7-8,14H,1-2,6,9H2,(H,23,24). The van der Waals surface area contributed by atoms with E-state index in [2.05, 4.69) is 5.10 Å². The largest absolute Gasteiger partial charge is 0.476 e. The van der Waals surface area contributed by atoms with Crippen LogP contribution in [-0.4, -0.2) is 38.2 Å². The Hall–Kier alpha value is -2.77. The molecule has 0 aliphatic carbocycles. The Morgan fingerprint density at radius 3 is 2.75 bits per heavy atom. The molecule has 1 atom stereocenters. The van der Waals surface area contributed by atoms with Crippen LogP contribution in [-0.2, 0) is 11.3 Å². The zero-order chi connectivity index (χ0) is 17.3. The number of nitrogens with zero attached hydrogens (tertiary/aromatic N) is 3. The van der Waals surface area contributed by atoms with Crippen LogP contribution in [0.15, 0.2) is 30.5 Å². The lowest BCUT2D eigenvalue weighted by Crippen LogP contribution is -2.34. The lowest BCUT2D eigenvalue weighted by molar-refractivity contribution is -0.133. The number of carbonyl (C=O) groups is 2. The van der Waals surface area contributed by atoms with Gasteiger partial charge in [-0.25, -0.2) is 13.6 Å². The van der Waals surface area contributed by atoms with Crippen molar-refractivity contribution in [3.8, 4) is 0 Å². The van der Waals surface area contributed by atoms with E-state index in [1.807, 2.05) is 0 Å². The van der Waals surface area contributed by atoms with Crippen LogP contribution in [0, 0.1) is 11.6 Å². The summed E-state index contributed by atoms with van der Waals surface area (Å²) in [5.74, 6) is -2.80. The number of benzene rings is 1. The molecule has 6 nitrogen and oxygen atoms in total. The molecule has 126 valence electrons. The maximum atomic E-state index is 14.0. The Morgan fingerprint density at radius 1 is 1.29 bits per heavy atom. The SMILES string of the molecule is O=C(O)c1ccn(CC(=O)N2CCCC2c2ccc(F)cc2F)n1. The Balaban J connectivity index is 1.76. The van der Waals surface area contributed by atoms with Gasteiger partial charge in [0.05, 0.1) is 6.04 Å². The van der Waals surface area contributed by atoms with Crippen molar-refractivity contribution < 1.29 is 23.5 Å². The minimum absolute atomic E-state index is 0.132. The van der Waals surface area contributed by atoms with E-state index >= 15 is 0 Å². The average Bonchev–Trinajstić information content (AvgIpc) is 3.16. The van der Waals surface area contributed by atoms with Crippen LogP contribution in [0.3, 0.4) is 0 Å². The van der Waals surface area contributed by atoms with Gasteiger partial charge in [-0.1, -0.05) is 6.07 Å². The molecule has 1 saturated heterocycles. The Bertz CT molecular complexity index is 791. The minimum Gasteiger partial charge on any atom is -0.476 e. The summed E-state index contributed by atoms with van der Waals surface area (Å²) in [4.78, 5) is 24.8. The number of hydrogen-bond acceptors (Lipinski definition) is 3. The maximum Gasteiger partial charge on any atom is 0.356 e. The molecule has 1 aromatic carbocycles. The average molecular weight is 335 g/mol. The molecule has 0 bridgehead atoms. The van der Waals surface area contributed by atoms with E-state index in [4.69, 9.17) is 5.11 Å². The molecule has 0 spiro atoms. The summed E-state index contributed by atoms with van der Waals surface area (Å²) < 4.78 is 28.3. The zero-order valence-electron chi connectivity index (χ0n) is 12.7. The number of aromatic nitrogens is 2. The van der Waals surface area contributed by atoms with Crippen molar-refractivity contribution in [2.75, 3.05) is 6.54 Å². The molecule has 0 radical (unpaired) electrons. The third-order valence-corrected chi connectivity index (χ3v) is 4.05. The van der Waals surface area contributed by atoms with Crippen molar-refractivity contribution in [3.63, 3.8) is 0 Å². The van der Waals surface area contributed by atoms with Crippen molar-refractivity contribution in [1.29, 1.82) is 0 Å². The number of hydrogen-bond donors (Lipinski definition) is 1. The molecule has 24 heavy (non-hydrogen) atoms. The highest BCUT2D eigenvalue weighted by Gasteiger charge is 2.32. The summed E-state index contributed by atoms with van der Waals surface area (Å²) in [6.45, 7) is 0.333. The molecule has 1 unspecified atom stereocenters. The van der Waals surface area contributed by atoms with Gasteiger partial charge >= 0.3 is 5.97 Å². The first-order valence-corrected chi connectivity index (χ1v) is 7.47. The maximum absolute atomic E-state index is 14.0. The van der Waals surface area contributed by atoms with Crippen molar-refractivity contribution in [1.82, 2.24) is 14.7 Å². The van der Waals surface area contributed by atoms with Gasteiger partial charge in [-0.15, -0.1) is 0 Å². The molecule has 1 aromatic heterocycles. The Labute approximate surface area is 136 Å². The highest BCUT2D eigenvalue weighted by Crippen LogP contribution is 2.33. The van der Waals surface area contributed by atoms with E-state index in [1.54, 1.807) is 0 Å². The second kappa shape index (κ2) is 6.38. The smallest absolute Gasteiger partial charge is 0.356 e. The molecular formula is C16H15F2N3O3. The van der Waals surface area contributed by atoms with E-state index < -0.39 is 23.6 Å². The fraction of sp³-hybridized carbons (Fsp3) is 0.312. The van der Waals surface area contributed by atoms with Crippen LogP contribution in [0.1, 0.15) is 34.9 Å². The van der Waals surface area contributed by atoms with Crippen LogP contribution in [0.5, 0.6) is 0 Å². The van der Waals surface area contributed by atoms with Gasteiger partial charge in [0, 0.05) is 24.4 Å². The highest BCUT2D eigenvalue weighted by atomic mass is 19.1. The summed E-state index contributed by atoms with van der Waals surface area (Å²) in [6.07, 6.45) is 2.71.